The zero-order valence-corrected chi connectivity index (χ0v) is 17.5. The highest BCUT2D eigenvalue weighted by molar-refractivity contribution is 7.99. The van der Waals surface area contributed by atoms with Gasteiger partial charge in [-0.25, -0.2) is 0 Å². The molecule has 1 amide bonds. The van der Waals surface area contributed by atoms with Gasteiger partial charge < -0.3 is 9.88 Å². The van der Waals surface area contributed by atoms with Gasteiger partial charge in [0.2, 0.25) is 5.91 Å². The van der Waals surface area contributed by atoms with Crippen LogP contribution < -0.4 is 5.32 Å². The summed E-state index contributed by atoms with van der Waals surface area (Å²) in [4.78, 5) is 16.5. The summed E-state index contributed by atoms with van der Waals surface area (Å²) in [6, 6.07) is 9.87. The van der Waals surface area contributed by atoms with E-state index in [1.54, 1.807) is 12.4 Å². The van der Waals surface area contributed by atoms with Crippen LogP contribution in [-0.4, -0.2) is 31.4 Å². The number of benzene rings is 1. The van der Waals surface area contributed by atoms with Gasteiger partial charge >= 0.3 is 0 Å². The maximum atomic E-state index is 12.5. The summed E-state index contributed by atoms with van der Waals surface area (Å²) >= 11 is 1.40. The van der Waals surface area contributed by atoms with Crippen molar-refractivity contribution in [3.05, 3.63) is 53.9 Å². The van der Waals surface area contributed by atoms with Crippen molar-refractivity contribution in [1.82, 2.24) is 19.7 Å². The Morgan fingerprint density at radius 3 is 2.61 bits per heavy atom. The molecule has 0 spiro atoms. The van der Waals surface area contributed by atoms with Gasteiger partial charge in [0.25, 0.3) is 0 Å². The number of aryl methyl sites for hydroxylation is 2. The minimum absolute atomic E-state index is 0.0525. The molecular weight excluding hydrogens is 370 g/mol. The smallest absolute Gasteiger partial charge is 0.234 e. The van der Waals surface area contributed by atoms with Crippen molar-refractivity contribution in [2.45, 2.75) is 39.4 Å². The predicted molar refractivity (Wildman–Crippen MR) is 113 cm³/mol. The van der Waals surface area contributed by atoms with E-state index in [-0.39, 0.29) is 11.7 Å². The van der Waals surface area contributed by atoms with E-state index in [0.717, 1.165) is 39.9 Å². The highest BCUT2D eigenvalue weighted by Crippen LogP contribution is 2.25. The van der Waals surface area contributed by atoms with Crippen LogP contribution in [0, 0.1) is 19.8 Å². The minimum Gasteiger partial charge on any atom is -0.325 e. The first-order valence-corrected chi connectivity index (χ1v) is 10.3. The van der Waals surface area contributed by atoms with Crippen LogP contribution in [0.1, 0.15) is 25.0 Å². The second-order valence-electron chi connectivity index (χ2n) is 7.20. The SMILES string of the molecule is Cc1ccc(C)c(NC(=O)CSc2nnc(-c3ccncc3)n2CC(C)C)c1. The summed E-state index contributed by atoms with van der Waals surface area (Å²) in [6.45, 7) is 9.09. The molecule has 0 atom stereocenters. The number of rotatable bonds is 7. The number of carbonyl (C=O) groups excluding carboxylic acids is 1. The van der Waals surface area contributed by atoms with E-state index in [9.17, 15) is 4.79 Å². The van der Waals surface area contributed by atoms with E-state index >= 15 is 0 Å². The largest absolute Gasteiger partial charge is 0.325 e. The van der Waals surface area contributed by atoms with E-state index in [1.807, 2.05) is 44.2 Å². The van der Waals surface area contributed by atoms with Gasteiger partial charge in [0, 0.05) is 30.2 Å². The van der Waals surface area contributed by atoms with E-state index in [0.29, 0.717) is 5.92 Å². The van der Waals surface area contributed by atoms with E-state index < -0.39 is 0 Å². The second-order valence-corrected chi connectivity index (χ2v) is 8.14. The third-order valence-corrected chi connectivity index (χ3v) is 5.17. The number of nitrogens with zero attached hydrogens (tertiary/aromatic N) is 4. The molecule has 0 bridgehead atoms. The van der Waals surface area contributed by atoms with E-state index in [4.69, 9.17) is 0 Å². The third kappa shape index (κ3) is 4.98. The fourth-order valence-corrected chi connectivity index (χ4v) is 3.57. The van der Waals surface area contributed by atoms with Crippen molar-refractivity contribution < 1.29 is 4.79 Å². The molecule has 1 N–H and O–H groups in total. The molecule has 3 rings (SSSR count). The molecule has 3 aromatic rings. The van der Waals surface area contributed by atoms with Gasteiger partial charge in [-0.15, -0.1) is 10.2 Å². The average Bonchev–Trinajstić information content (AvgIpc) is 3.05. The van der Waals surface area contributed by atoms with Gasteiger partial charge in [0.1, 0.15) is 0 Å². The van der Waals surface area contributed by atoms with Crippen LogP contribution in [0.3, 0.4) is 0 Å². The first kappa shape index (κ1) is 20.1. The Kier molecular flexibility index (Phi) is 6.46. The molecule has 1 aromatic carbocycles. The average molecular weight is 396 g/mol. The number of aromatic nitrogens is 4. The summed E-state index contributed by atoms with van der Waals surface area (Å²) in [5, 5.41) is 12.4. The van der Waals surface area contributed by atoms with E-state index in [1.165, 1.54) is 11.8 Å². The summed E-state index contributed by atoms with van der Waals surface area (Å²) in [5.41, 5.74) is 3.99. The highest BCUT2D eigenvalue weighted by Gasteiger charge is 2.17. The molecular formula is C21H25N5OS. The van der Waals surface area contributed by atoms with Gasteiger partial charge in [-0.2, -0.15) is 0 Å². The lowest BCUT2D eigenvalue weighted by molar-refractivity contribution is -0.113. The van der Waals surface area contributed by atoms with Crippen LogP contribution in [0.15, 0.2) is 47.9 Å². The summed E-state index contributed by atoms with van der Waals surface area (Å²) in [6.07, 6.45) is 3.49. The molecule has 0 fully saturated rings. The number of thioether (sulfide) groups is 1. The quantitative estimate of drug-likeness (QED) is 0.602. The first-order valence-electron chi connectivity index (χ1n) is 9.27. The fraction of sp³-hybridized carbons (Fsp3) is 0.333. The van der Waals surface area contributed by atoms with Gasteiger partial charge in [-0.05, 0) is 49.1 Å². The Hall–Kier alpha value is -2.67. The van der Waals surface area contributed by atoms with Gasteiger partial charge in [0.15, 0.2) is 11.0 Å². The van der Waals surface area contributed by atoms with Crippen molar-refractivity contribution in [2.24, 2.45) is 5.92 Å². The summed E-state index contributed by atoms with van der Waals surface area (Å²) in [7, 11) is 0. The lowest BCUT2D eigenvalue weighted by atomic mass is 10.1. The van der Waals surface area contributed by atoms with Crippen LogP contribution in [0.4, 0.5) is 5.69 Å². The number of hydrogen-bond acceptors (Lipinski definition) is 5. The molecule has 2 aromatic heterocycles. The first-order chi connectivity index (χ1) is 13.4. The third-order valence-electron chi connectivity index (χ3n) is 4.20. The second kappa shape index (κ2) is 9.01. The van der Waals surface area contributed by atoms with Crippen molar-refractivity contribution in [2.75, 3.05) is 11.1 Å². The maximum absolute atomic E-state index is 12.5. The summed E-state index contributed by atoms with van der Waals surface area (Å²) < 4.78 is 2.08. The molecule has 0 aliphatic rings. The fourth-order valence-electron chi connectivity index (χ4n) is 2.83. The molecule has 0 unspecified atom stereocenters. The molecule has 0 saturated heterocycles. The standard InChI is InChI=1S/C21H25N5OS/c1-14(2)12-26-20(17-7-9-22-10-8-17)24-25-21(26)28-13-19(27)23-18-11-15(3)5-6-16(18)4/h5-11,14H,12-13H2,1-4H3,(H,23,27). The summed E-state index contributed by atoms with van der Waals surface area (Å²) in [5.74, 6) is 1.46. The number of amides is 1. The van der Waals surface area contributed by atoms with Crippen molar-refractivity contribution >= 4 is 23.4 Å². The minimum atomic E-state index is -0.0525. The van der Waals surface area contributed by atoms with Gasteiger partial charge in [-0.1, -0.05) is 37.7 Å². The number of carbonyl (C=O) groups is 1. The van der Waals surface area contributed by atoms with Crippen molar-refractivity contribution in [3.63, 3.8) is 0 Å². The Labute approximate surface area is 169 Å². The molecule has 0 aliphatic heterocycles. The zero-order chi connectivity index (χ0) is 20.1. The Morgan fingerprint density at radius 2 is 1.89 bits per heavy atom. The Balaban J connectivity index is 1.74. The van der Waals surface area contributed by atoms with Gasteiger partial charge in [0.05, 0.1) is 5.75 Å². The van der Waals surface area contributed by atoms with Crippen LogP contribution in [-0.2, 0) is 11.3 Å². The Morgan fingerprint density at radius 1 is 1.14 bits per heavy atom. The zero-order valence-electron chi connectivity index (χ0n) is 16.6. The van der Waals surface area contributed by atoms with Crippen LogP contribution in [0.2, 0.25) is 0 Å². The van der Waals surface area contributed by atoms with Crippen LogP contribution >= 0.6 is 11.8 Å². The maximum Gasteiger partial charge on any atom is 0.234 e. The van der Waals surface area contributed by atoms with Crippen LogP contribution in [0.5, 0.6) is 0 Å². The topological polar surface area (TPSA) is 72.7 Å². The lowest BCUT2D eigenvalue weighted by Gasteiger charge is -2.13. The predicted octanol–water partition coefficient (Wildman–Crippen LogP) is 4.34. The van der Waals surface area contributed by atoms with E-state index in [2.05, 4.69) is 38.9 Å². The lowest BCUT2D eigenvalue weighted by Crippen LogP contribution is -2.16. The molecule has 2 heterocycles. The molecule has 6 nitrogen and oxygen atoms in total. The van der Waals surface area contributed by atoms with Crippen molar-refractivity contribution in [1.29, 1.82) is 0 Å². The van der Waals surface area contributed by atoms with Crippen molar-refractivity contribution in [3.8, 4) is 11.4 Å². The number of nitrogens with one attached hydrogen (secondary N) is 1. The monoisotopic (exact) mass is 395 g/mol. The molecule has 28 heavy (non-hydrogen) atoms. The van der Waals surface area contributed by atoms with Gasteiger partial charge in [-0.3, -0.25) is 9.78 Å². The number of hydrogen-bond donors (Lipinski definition) is 1. The molecule has 0 aliphatic carbocycles. The van der Waals surface area contributed by atoms with Crippen LogP contribution in [0.25, 0.3) is 11.4 Å². The highest BCUT2D eigenvalue weighted by atomic mass is 32.2. The molecule has 0 radical (unpaired) electrons. The molecule has 7 heteroatoms. The number of anilines is 1. The normalized spacial score (nSPS) is 11.0. The molecule has 0 saturated carbocycles. The number of pyridine rings is 1. The molecule has 146 valence electrons. The Bertz CT molecular complexity index is 953.